The minimum Gasteiger partial charge on any atom is -0.292 e. The van der Waals surface area contributed by atoms with Crippen LogP contribution in [0.4, 0.5) is 0 Å². The highest BCUT2D eigenvalue weighted by Gasteiger charge is 2.10. The van der Waals surface area contributed by atoms with Crippen molar-refractivity contribution in [2.24, 2.45) is 0 Å². The van der Waals surface area contributed by atoms with Gasteiger partial charge in [-0.25, -0.2) is 4.98 Å². The molecule has 0 amide bonds. The average Bonchev–Trinajstić information content (AvgIpc) is 3.05. The molecule has 0 saturated heterocycles. The molecule has 0 unspecified atom stereocenters. The Kier molecular flexibility index (Phi) is 4.65. The van der Waals surface area contributed by atoms with Crippen LogP contribution in [-0.2, 0) is 6.42 Å². The Balaban J connectivity index is 1.70. The number of nitrogens with zero attached hydrogens (tertiary/aromatic N) is 1. The fourth-order valence-corrected chi connectivity index (χ4v) is 2.76. The van der Waals surface area contributed by atoms with E-state index >= 15 is 0 Å². The number of carbonyl (C=O) groups excluding carboxylic acids is 1. The molecule has 0 radical (unpaired) electrons. The van der Waals surface area contributed by atoms with Crippen LogP contribution in [0.5, 0.6) is 0 Å². The highest BCUT2D eigenvalue weighted by atomic mass is 32.1. The minimum atomic E-state index is 0.0258. The lowest BCUT2D eigenvalue weighted by Crippen LogP contribution is -2.04. The van der Waals surface area contributed by atoms with Gasteiger partial charge in [0.05, 0.1) is 0 Å². The number of hydrogen-bond acceptors (Lipinski definition) is 3. The normalized spacial score (nSPS) is 9.96. The van der Waals surface area contributed by atoms with Gasteiger partial charge in [-0.2, -0.15) is 0 Å². The molecule has 0 aliphatic heterocycles. The summed E-state index contributed by atoms with van der Waals surface area (Å²) in [5, 5.41) is 2.45. The zero-order valence-corrected chi connectivity index (χ0v) is 13.6. The van der Waals surface area contributed by atoms with Gasteiger partial charge in [-0.3, -0.25) is 4.79 Å². The number of ketones is 1. The standard InChI is InChI=1S/C20H15NOS/c1-15-7-9-17(10-8-15)13-19(22)18-14-23-20(21-18)12-11-16-5-3-2-4-6-16/h2-10,14H,13H2,1H3. The molecular weight excluding hydrogens is 302 g/mol. The SMILES string of the molecule is Cc1ccc(CC(=O)c2csc(C#Cc3ccccc3)n2)cc1. The molecule has 2 nitrogen and oxygen atoms in total. The molecule has 23 heavy (non-hydrogen) atoms. The van der Waals surface area contributed by atoms with Gasteiger partial charge >= 0.3 is 0 Å². The van der Waals surface area contributed by atoms with Gasteiger partial charge in [-0.1, -0.05) is 53.9 Å². The van der Waals surface area contributed by atoms with E-state index in [0.717, 1.165) is 11.1 Å². The summed E-state index contributed by atoms with van der Waals surface area (Å²) in [5.41, 5.74) is 3.63. The van der Waals surface area contributed by atoms with E-state index in [-0.39, 0.29) is 5.78 Å². The van der Waals surface area contributed by atoms with E-state index in [0.29, 0.717) is 17.1 Å². The maximum Gasteiger partial charge on any atom is 0.186 e. The van der Waals surface area contributed by atoms with Crippen molar-refractivity contribution in [3.63, 3.8) is 0 Å². The summed E-state index contributed by atoms with van der Waals surface area (Å²) in [5.74, 6) is 6.09. The molecule has 0 aliphatic carbocycles. The van der Waals surface area contributed by atoms with Crippen LogP contribution < -0.4 is 0 Å². The van der Waals surface area contributed by atoms with E-state index in [4.69, 9.17) is 0 Å². The van der Waals surface area contributed by atoms with Crippen LogP contribution in [0.2, 0.25) is 0 Å². The van der Waals surface area contributed by atoms with Gasteiger partial charge in [-0.05, 0) is 30.5 Å². The molecule has 0 N–H and O–H groups in total. The number of aryl methyl sites for hydroxylation is 1. The maximum atomic E-state index is 12.3. The van der Waals surface area contributed by atoms with Crippen molar-refractivity contribution in [3.05, 3.63) is 87.4 Å². The number of hydrogen-bond donors (Lipinski definition) is 0. The second-order valence-electron chi connectivity index (χ2n) is 5.24. The fourth-order valence-electron chi connectivity index (χ4n) is 2.09. The van der Waals surface area contributed by atoms with Crippen LogP contribution in [0.25, 0.3) is 0 Å². The van der Waals surface area contributed by atoms with Crippen LogP contribution in [0, 0.1) is 18.8 Å². The first kappa shape index (κ1) is 15.2. The van der Waals surface area contributed by atoms with Crippen molar-refractivity contribution >= 4 is 17.1 Å². The van der Waals surface area contributed by atoms with E-state index < -0.39 is 0 Å². The molecule has 0 aliphatic rings. The summed E-state index contributed by atoms with van der Waals surface area (Å²) >= 11 is 1.40. The first-order valence-electron chi connectivity index (χ1n) is 7.32. The summed E-state index contributed by atoms with van der Waals surface area (Å²) in [6, 6.07) is 17.7. The molecule has 0 saturated carbocycles. The summed E-state index contributed by atoms with van der Waals surface area (Å²) in [4.78, 5) is 16.6. The first-order valence-corrected chi connectivity index (χ1v) is 8.20. The Morgan fingerprint density at radius 1 is 1.04 bits per heavy atom. The first-order chi connectivity index (χ1) is 11.2. The second-order valence-corrected chi connectivity index (χ2v) is 6.10. The number of benzene rings is 2. The van der Waals surface area contributed by atoms with E-state index in [1.165, 1.54) is 16.9 Å². The average molecular weight is 317 g/mol. The molecule has 2 aromatic carbocycles. The van der Waals surface area contributed by atoms with Crippen LogP contribution in [-0.4, -0.2) is 10.8 Å². The fraction of sp³-hybridized carbons (Fsp3) is 0.100. The monoisotopic (exact) mass is 317 g/mol. The molecular formula is C20H15NOS. The number of rotatable bonds is 3. The highest BCUT2D eigenvalue weighted by Crippen LogP contribution is 2.13. The zero-order valence-electron chi connectivity index (χ0n) is 12.7. The van der Waals surface area contributed by atoms with Crippen LogP contribution in [0.3, 0.4) is 0 Å². The molecule has 0 spiro atoms. The zero-order chi connectivity index (χ0) is 16.1. The molecule has 112 valence electrons. The summed E-state index contributed by atoms with van der Waals surface area (Å²) < 4.78 is 0. The van der Waals surface area contributed by atoms with Crippen LogP contribution in [0.1, 0.15) is 32.2 Å². The molecule has 3 heteroatoms. The third kappa shape index (κ3) is 4.15. The van der Waals surface area contributed by atoms with E-state index in [2.05, 4.69) is 16.8 Å². The van der Waals surface area contributed by atoms with Crippen molar-refractivity contribution in [1.29, 1.82) is 0 Å². The van der Waals surface area contributed by atoms with Gasteiger partial charge < -0.3 is 0 Å². The van der Waals surface area contributed by atoms with Gasteiger partial charge in [0.25, 0.3) is 0 Å². The Bertz CT molecular complexity index is 867. The van der Waals surface area contributed by atoms with Crippen molar-refractivity contribution in [1.82, 2.24) is 4.98 Å². The van der Waals surface area contributed by atoms with Gasteiger partial charge in [0.15, 0.2) is 10.8 Å². The predicted octanol–water partition coefficient (Wildman–Crippen LogP) is 4.28. The highest BCUT2D eigenvalue weighted by molar-refractivity contribution is 7.10. The Morgan fingerprint density at radius 3 is 2.52 bits per heavy atom. The summed E-state index contributed by atoms with van der Waals surface area (Å²) in [6.07, 6.45) is 0.371. The Morgan fingerprint density at radius 2 is 1.78 bits per heavy atom. The van der Waals surface area contributed by atoms with Crippen molar-refractivity contribution < 1.29 is 4.79 Å². The molecule has 0 fully saturated rings. The molecule has 0 atom stereocenters. The molecule has 1 aromatic heterocycles. The summed E-state index contributed by atoms with van der Waals surface area (Å²) in [6.45, 7) is 2.03. The van der Waals surface area contributed by atoms with E-state index in [1.807, 2.05) is 61.5 Å². The second kappa shape index (κ2) is 7.04. The molecule has 1 heterocycles. The number of aromatic nitrogens is 1. The number of carbonyl (C=O) groups is 1. The van der Waals surface area contributed by atoms with Crippen LogP contribution in [0.15, 0.2) is 60.0 Å². The molecule has 0 bridgehead atoms. The maximum absolute atomic E-state index is 12.3. The van der Waals surface area contributed by atoms with E-state index in [9.17, 15) is 4.79 Å². The van der Waals surface area contributed by atoms with Gasteiger partial charge in [0.1, 0.15) is 5.69 Å². The molecule has 3 rings (SSSR count). The topological polar surface area (TPSA) is 30.0 Å². The van der Waals surface area contributed by atoms with Crippen molar-refractivity contribution in [3.8, 4) is 11.8 Å². The smallest absolute Gasteiger partial charge is 0.186 e. The Labute approximate surface area is 139 Å². The number of Topliss-reactive ketones (excluding diaryl/α,β-unsaturated/α-hetero) is 1. The lowest BCUT2D eigenvalue weighted by atomic mass is 10.1. The predicted molar refractivity (Wildman–Crippen MR) is 93.7 cm³/mol. The van der Waals surface area contributed by atoms with E-state index in [1.54, 1.807) is 5.38 Å². The van der Waals surface area contributed by atoms with Crippen LogP contribution >= 0.6 is 11.3 Å². The van der Waals surface area contributed by atoms with Gasteiger partial charge in [0.2, 0.25) is 0 Å². The third-order valence-corrected chi connectivity index (χ3v) is 4.12. The molecule has 3 aromatic rings. The summed E-state index contributed by atoms with van der Waals surface area (Å²) in [7, 11) is 0. The number of thiazole rings is 1. The lowest BCUT2D eigenvalue weighted by molar-refractivity contribution is 0.0989. The van der Waals surface area contributed by atoms with Crippen molar-refractivity contribution in [2.75, 3.05) is 0 Å². The largest absolute Gasteiger partial charge is 0.292 e. The quantitative estimate of drug-likeness (QED) is 0.533. The third-order valence-electron chi connectivity index (χ3n) is 3.36. The minimum absolute atomic E-state index is 0.0258. The van der Waals surface area contributed by atoms with Crippen molar-refractivity contribution in [2.45, 2.75) is 13.3 Å². The van der Waals surface area contributed by atoms with Gasteiger partial charge in [-0.15, -0.1) is 11.3 Å². The van der Waals surface area contributed by atoms with Gasteiger partial charge in [0, 0.05) is 17.4 Å². The Hall–Kier alpha value is -2.70. The lowest BCUT2D eigenvalue weighted by Gasteiger charge is -1.99.